The highest BCUT2D eigenvalue weighted by Crippen LogP contribution is 2.25. The van der Waals surface area contributed by atoms with Crippen LogP contribution in [0.1, 0.15) is 6.42 Å². The number of halogens is 1. The molecule has 0 bridgehead atoms. The molecule has 7 nitrogen and oxygen atoms in total. The molecule has 1 atom stereocenters. The molecule has 3 rings (SSSR count). The maximum Gasteiger partial charge on any atom is 0.273 e. The number of nitrogens with zero attached hydrogens (tertiary/aromatic N) is 3. The molecule has 1 aliphatic rings. The molecule has 1 aliphatic heterocycles. The molecule has 2 aromatic rings. The maximum atomic E-state index is 13.0. The van der Waals surface area contributed by atoms with Gasteiger partial charge in [-0.05, 0) is 24.3 Å². The van der Waals surface area contributed by atoms with E-state index in [1.165, 1.54) is 40.6 Å². The van der Waals surface area contributed by atoms with Gasteiger partial charge in [-0.25, -0.2) is 9.37 Å². The smallest absolute Gasteiger partial charge is 0.273 e. The number of anilines is 2. The van der Waals surface area contributed by atoms with E-state index in [-0.39, 0.29) is 12.1 Å². The number of nitrogens with one attached hydrogen (secondary N) is 1. The van der Waals surface area contributed by atoms with Crippen molar-refractivity contribution in [2.24, 2.45) is 10.8 Å². The summed E-state index contributed by atoms with van der Waals surface area (Å²) >= 11 is 1.27. The third kappa shape index (κ3) is 3.19. The molecule has 0 fully saturated rings. The third-order valence-electron chi connectivity index (χ3n) is 3.24. The van der Waals surface area contributed by atoms with E-state index in [1.54, 1.807) is 11.6 Å². The normalized spacial score (nSPS) is 17.0. The first-order chi connectivity index (χ1) is 11.0. The molecule has 0 aliphatic carbocycles. The minimum absolute atomic E-state index is 0.0733. The molecular formula is C14H12FN5O2S. The first kappa shape index (κ1) is 15.1. The number of primary amides is 1. The molecule has 0 spiro atoms. The number of benzene rings is 1. The van der Waals surface area contributed by atoms with E-state index in [4.69, 9.17) is 5.73 Å². The number of rotatable bonds is 4. The van der Waals surface area contributed by atoms with Crippen LogP contribution in [0, 0.1) is 5.82 Å². The van der Waals surface area contributed by atoms with Gasteiger partial charge in [0.15, 0.2) is 5.13 Å². The van der Waals surface area contributed by atoms with E-state index < -0.39 is 23.7 Å². The van der Waals surface area contributed by atoms with Crippen molar-refractivity contribution in [2.45, 2.75) is 12.5 Å². The fourth-order valence-electron chi connectivity index (χ4n) is 2.16. The minimum atomic E-state index is -0.794. The van der Waals surface area contributed by atoms with Crippen LogP contribution in [0.25, 0.3) is 0 Å². The SMILES string of the molecule is NC(=O)C1CC(C(=O)Nc2nccs2)=NN1c1ccc(F)cc1. The maximum absolute atomic E-state index is 13.0. The molecule has 9 heteroatoms. The molecule has 1 aromatic carbocycles. The van der Waals surface area contributed by atoms with Crippen molar-refractivity contribution in [1.29, 1.82) is 0 Å². The lowest BCUT2D eigenvalue weighted by Gasteiger charge is -2.20. The summed E-state index contributed by atoms with van der Waals surface area (Å²) in [6, 6.07) is 4.64. The number of carbonyl (C=O) groups is 2. The Morgan fingerprint density at radius 1 is 1.35 bits per heavy atom. The first-order valence-corrected chi connectivity index (χ1v) is 7.55. The van der Waals surface area contributed by atoms with Crippen molar-refractivity contribution in [1.82, 2.24) is 4.98 Å². The number of carbonyl (C=O) groups excluding carboxylic acids is 2. The Balaban J connectivity index is 1.84. The van der Waals surface area contributed by atoms with Crippen molar-refractivity contribution in [2.75, 3.05) is 10.3 Å². The summed E-state index contributed by atoms with van der Waals surface area (Å²) in [4.78, 5) is 27.8. The number of aromatic nitrogens is 1. The Kier molecular flexibility index (Phi) is 4.02. The van der Waals surface area contributed by atoms with Crippen LogP contribution in [0.2, 0.25) is 0 Å². The topological polar surface area (TPSA) is 101 Å². The molecule has 23 heavy (non-hydrogen) atoms. The van der Waals surface area contributed by atoms with Gasteiger partial charge in [0.25, 0.3) is 5.91 Å². The molecule has 1 aromatic heterocycles. The minimum Gasteiger partial charge on any atom is -0.368 e. The lowest BCUT2D eigenvalue weighted by atomic mass is 10.1. The zero-order valence-electron chi connectivity index (χ0n) is 11.8. The molecule has 2 amide bonds. The highest BCUT2D eigenvalue weighted by atomic mass is 32.1. The van der Waals surface area contributed by atoms with Gasteiger partial charge < -0.3 is 5.73 Å². The lowest BCUT2D eigenvalue weighted by Crippen LogP contribution is -2.39. The quantitative estimate of drug-likeness (QED) is 0.881. The second-order valence-electron chi connectivity index (χ2n) is 4.78. The van der Waals surface area contributed by atoms with Crippen LogP contribution < -0.4 is 16.1 Å². The van der Waals surface area contributed by atoms with E-state index in [0.29, 0.717) is 10.8 Å². The van der Waals surface area contributed by atoms with Gasteiger partial charge in [0, 0.05) is 18.0 Å². The molecule has 1 unspecified atom stereocenters. The summed E-state index contributed by atoms with van der Waals surface area (Å²) in [6.07, 6.45) is 1.64. The zero-order chi connectivity index (χ0) is 16.4. The van der Waals surface area contributed by atoms with Crippen LogP contribution in [-0.2, 0) is 9.59 Å². The number of hydrogen-bond acceptors (Lipinski definition) is 6. The summed E-state index contributed by atoms with van der Waals surface area (Å²) in [6.45, 7) is 0. The molecule has 0 radical (unpaired) electrons. The van der Waals surface area contributed by atoms with Crippen LogP contribution in [-0.4, -0.2) is 28.6 Å². The van der Waals surface area contributed by atoms with Crippen molar-refractivity contribution in [3.63, 3.8) is 0 Å². The third-order valence-corrected chi connectivity index (χ3v) is 3.93. The first-order valence-electron chi connectivity index (χ1n) is 6.67. The fraction of sp³-hybridized carbons (Fsp3) is 0.143. The van der Waals surface area contributed by atoms with Crippen molar-refractivity contribution < 1.29 is 14.0 Å². The Bertz CT molecular complexity index is 760. The van der Waals surface area contributed by atoms with Gasteiger partial charge in [-0.3, -0.25) is 19.9 Å². The summed E-state index contributed by atoms with van der Waals surface area (Å²) in [5.74, 6) is -1.47. The molecule has 2 heterocycles. The highest BCUT2D eigenvalue weighted by molar-refractivity contribution is 7.13. The van der Waals surface area contributed by atoms with Crippen LogP contribution >= 0.6 is 11.3 Å². The predicted molar refractivity (Wildman–Crippen MR) is 84.7 cm³/mol. The summed E-state index contributed by atoms with van der Waals surface area (Å²) in [5, 5.41) is 10.3. The van der Waals surface area contributed by atoms with Crippen molar-refractivity contribution in [3.8, 4) is 0 Å². The average molecular weight is 333 g/mol. The van der Waals surface area contributed by atoms with E-state index >= 15 is 0 Å². The lowest BCUT2D eigenvalue weighted by molar-refractivity contribution is -0.119. The fourth-order valence-corrected chi connectivity index (χ4v) is 2.68. The number of hydrazone groups is 1. The summed E-state index contributed by atoms with van der Waals surface area (Å²) < 4.78 is 13.0. The van der Waals surface area contributed by atoms with E-state index in [9.17, 15) is 14.0 Å². The number of amides is 2. The Labute approximate surface area is 134 Å². The highest BCUT2D eigenvalue weighted by Gasteiger charge is 2.35. The van der Waals surface area contributed by atoms with E-state index in [1.807, 2.05) is 0 Å². The van der Waals surface area contributed by atoms with E-state index in [0.717, 1.165) is 0 Å². The molecule has 3 N–H and O–H groups in total. The molecule has 118 valence electrons. The van der Waals surface area contributed by atoms with Gasteiger partial charge in [0.05, 0.1) is 5.69 Å². The number of hydrogen-bond donors (Lipinski definition) is 2. The van der Waals surface area contributed by atoms with Crippen molar-refractivity contribution >= 4 is 39.7 Å². The van der Waals surface area contributed by atoms with E-state index in [2.05, 4.69) is 15.4 Å². The number of thiazole rings is 1. The zero-order valence-corrected chi connectivity index (χ0v) is 12.6. The van der Waals surface area contributed by atoms with Crippen LogP contribution in [0.15, 0.2) is 40.9 Å². The monoisotopic (exact) mass is 333 g/mol. The van der Waals surface area contributed by atoms with Crippen LogP contribution in [0.3, 0.4) is 0 Å². The summed E-state index contributed by atoms with van der Waals surface area (Å²) in [7, 11) is 0. The van der Waals surface area contributed by atoms with Crippen molar-refractivity contribution in [3.05, 3.63) is 41.7 Å². The molecular weight excluding hydrogens is 321 g/mol. The second-order valence-corrected chi connectivity index (χ2v) is 5.68. The molecule has 0 saturated heterocycles. The van der Waals surface area contributed by atoms with Gasteiger partial charge in [-0.2, -0.15) is 5.10 Å². The molecule has 0 saturated carbocycles. The largest absolute Gasteiger partial charge is 0.368 e. The Morgan fingerprint density at radius 3 is 2.70 bits per heavy atom. The number of nitrogens with two attached hydrogens (primary N) is 1. The average Bonchev–Trinajstić information content (AvgIpc) is 3.17. The van der Waals surface area contributed by atoms with Crippen LogP contribution in [0.5, 0.6) is 0 Å². The van der Waals surface area contributed by atoms with Gasteiger partial charge in [-0.1, -0.05) is 0 Å². The second kappa shape index (κ2) is 6.13. The Morgan fingerprint density at radius 2 is 2.09 bits per heavy atom. The Hall–Kier alpha value is -2.81. The van der Waals surface area contributed by atoms with Crippen LogP contribution in [0.4, 0.5) is 15.2 Å². The van der Waals surface area contributed by atoms with Gasteiger partial charge in [0.2, 0.25) is 5.91 Å². The van der Waals surface area contributed by atoms with Gasteiger partial charge in [0.1, 0.15) is 17.6 Å². The van der Waals surface area contributed by atoms with Gasteiger partial charge in [-0.15, -0.1) is 11.3 Å². The predicted octanol–water partition coefficient (Wildman–Crippen LogP) is 1.34. The van der Waals surface area contributed by atoms with Gasteiger partial charge >= 0.3 is 0 Å². The standard InChI is InChI=1S/C14H12FN5O2S/c15-8-1-3-9(4-2-8)20-11(12(16)21)7-10(19-20)13(22)18-14-17-5-6-23-14/h1-6,11H,7H2,(H2,16,21)(H,17,18,22). The summed E-state index contributed by atoms with van der Waals surface area (Å²) in [5.41, 5.74) is 6.02.